The maximum Gasteiger partial charge on any atom is 0.397 e. The van der Waals surface area contributed by atoms with Gasteiger partial charge in [-0.05, 0) is 19.8 Å². The van der Waals surface area contributed by atoms with Crippen molar-refractivity contribution in [2.45, 2.75) is 151 Å². The second-order valence-corrected chi connectivity index (χ2v) is 15.4. The molecule has 328 valence electrons. The molecule has 3 aliphatic heterocycles. The van der Waals surface area contributed by atoms with E-state index in [2.05, 4.69) is 18.4 Å². The highest BCUT2D eigenvalue weighted by atomic mass is 32.3. The Bertz CT molecular complexity index is 1450. The van der Waals surface area contributed by atoms with Crippen LogP contribution in [0.15, 0.2) is 0 Å². The first kappa shape index (κ1) is 48.6. The fourth-order valence-corrected chi connectivity index (χ4v) is 7.40. The molecule has 0 aromatic heterocycles. The van der Waals surface area contributed by atoms with Gasteiger partial charge in [0, 0.05) is 20.0 Å². The van der Waals surface area contributed by atoms with Crippen LogP contribution < -0.4 is 5.32 Å². The van der Waals surface area contributed by atoms with E-state index in [4.69, 9.17) is 28.4 Å². The van der Waals surface area contributed by atoms with Crippen molar-refractivity contribution in [2.75, 3.05) is 26.9 Å². The van der Waals surface area contributed by atoms with E-state index in [1.165, 1.54) is 14.0 Å². The number of hydrogen-bond acceptors (Lipinski definition) is 21. The number of aliphatic hydroxyl groups excluding tert-OH is 6. The summed E-state index contributed by atoms with van der Waals surface area (Å²) in [5.74, 6) is -1.01. The fraction of sp³-hybridized carbons (Fsp3) is 0.933. The van der Waals surface area contributed by atoms with Crippen molar-refractivity contribution in [3.8, 4) is 0 Å². The molecule has 0 radical (unpaired) electrons. The molecule has 15 atom stereocenters. The summed E-state index contributed by atoms with van der Waals surface area (Å²) in [6.07, 6.45) is -21.8. The fourth-order valence-electron chi connectivity index (χ4n) is 6.38. The minimum Gasteiger partial charge on any atom is -0.469 e. The number of esters is 1. The minimum absolute atomic E-state index is 0.0184. The number of methoxy groups -OCH3 is 1. The molecule has 26 heteroatoms. The third-order valence-electron chi connectivity index (χ3n) is 9.13. The van der Waals surface area contributed by atoms with E-state index in [1.54, 1.807) is 0 Å². The highest BCUT2D eigenvalue weighted by Gasteiger charge is 2.56. The van der Waals surface area contributed by atoms with Crippen LogP contribution in [0.2, 0.25) is 0 Å². The van der Waals surface area contributed by atoms with Gasteiger partial charge in [-0.15, -0.1) is 0 Å². The predicted octanol–water partition coefficient (Wildman–Crippen LogP) is -3.82. The van der Waals surface area contributed by atoms with E-state index in [1.807, 2.05) is 0 Å². The largest absolute Gasteiger partial charge is 0.469 e. The number of unbranched alkanes of at least 4 members (excludes halogenated alkanes) is 5. The lowest BCUT2D eigenvalue weighted by Crippen LogP contribution is -2.70. The number of aliphatic hydroxyl groups is 6. The molecule has 1 amide bonds. The zero-order chi connectivity index (χ0) is 42.0. The van der Waals surface area contributed by atoms with Gasteiger partial charge in [0.1, 0.15) is 67.1 Å². The SMILES string of the molecule is COC(=O)CCCCCCCCO[C@@H]1O[C@H](CO)[C@@H](O[C@@H]2O[C@H](CO)[C@H](O)[C@H](OS(=O)(=O)O)[C@H]2O)[C@H](O[C@@H]2O[C@@H](C)[C@@H](O)[C@@H](OS(=O)(=O)O)[C@@H]2O)[C@H]1NC(C)=O. The molecular formula is C30H53NO23S2. The highest BCUT2D eigenvalue weighted by Crippen LogP contribution is 2.35. The van der Waals surface area contributed by atoms with Gasteiger partial charge in [-0.2, -0.15) is 16.8 Å². The Morgan fingerprint density at radius 1 is 0.661 bits per heavy atom. The second kappa shape index (κ2) is 22.0. The Morgan fingerprint density at radius 3 is 1.70 bits per heavy atom. The van der Waals surface area contributed by atoms with Gasteiger partial charge in [0.25, 0.3) is 0 Å². The minimum atomic E-state index is -5.33. The smallest absolute Gasteiger partial charge is 0.397 e. The van der Waals surface area contributed by atoms with Crippen LogP contribution in [0.25, 0.3) is 0 Å². The summed E-state index contributed by atoms with van der Waals surface area (Å²) in [5.41, 5.74) is 0. The molecule has 9 N–H and O–H groups in total. The van der Waals surface area contributed by atoms with Crippen molar-refractivity contribution < 1.29 is 108 Å². The Morgan fingerprint density at radius 2 is 1.16 bits per heavy atom. The monoisotopic (exact) mass is 859 g/mol. The average molecular weight is 860 g/mol. The number of nitrogens with one attached hydrogen (secondary N) is 1. The highest BCUT2D eigenvalue weighted by molar-refractivity contribution is 7.81. The van der Waals surface area contributed by atoms with E-state index >= 15 is 0 Å². The van der Waals surface area contributed by atoms with Crippen molar-refractivity contribution in [3.05, 3.63) is 0 Å². The van der Waals surface area contributed by atoms with Crippen LogP contribution in [0, 0.1) is 0 Å². The summed E-state index contributed by atoms with van der Waals surface area (Å²) in [6.45, 7) is 0.436. The van der Waals surface area contributed by atoms with Gasteiger partial charge in [-0.3, -0.25) is 18.7 Å². The molecule has 0 aromatic rings. The quantitative estimate of drug-likeness (QED) is 0.0303. The molecule has 3 rings (SSSR count). The molecule has 0 spiro atoms. The lowest BCUT2D eigenvalue weighted by Gasteiger charge is -2.50. The van der Waals surface area contributed by atoms with Gasteiger partial charge < -0.3 is 69.1 Å². The van der Waals surface area contributed by atoms with Crippen molar-refractivity contribution in [2.24, 2.45) is 0 Å². The zero-order valence-corrected chi connectivity index (χ0v) is 32.4. The van der Waals surface area contributed by atoms with Gasteiger partial charge in [0.05, 0.1) is 26.4 Å². The number of amides is 1. The molecule has 3 heterocycles. The van der Waals surface area contributed by atoms with Gasteiger partial charge in [-0.1, -0.05) is 25.7 Å². The van der Waals surface area contributed by atoms with Crippen LogP contribution in [0.5, 0.6) is 0 Å². The molecule has 56 heavy (non-hydrogen) atoms. The van der Waals surface area contributed by atoms with Crippen LogP contribution >= 0.6 is 0 Å². The maximum absolute atomic E-state index is 12.6. The van der Waals surface area contributed by atoms with Crippen LogP contribution in [-0.2, 0) is 71.9 Å². The van der Waals surface area contributed by atoms with E-state index in [0.29, 0.717) is 25.7 Å². The lowest BCUT2D eigenvalue weighted by atomic mass is 9.94. The molecular weight excluding hydrogens is 806 g/mol. The topological polar surface area (TPSA) is 359 Å². The standard InChI is InChI=1S/C30H53NO23S2/c1-14-20(36)26(53-55(40,41)42)22(38)29(48-14)52-25-19(31-15(2)34)28(47-11-9-7-5-4-6-8-10-18(35)46-3)50-17(13-33)24(25)51-30-23(39)27(54-56(43,44)45)21(37)16(12-32)49-30/h14,16-17,19-30,32-33,36-39H,4-13H2,1-3H3,(H,31,34)(H,40,41,42)(H,43,44,45)/t14-,16+,17+,19+,20+,21-,22-,23+,24+,25+,26+,27-,28+,29-,30-/m0/s1. The Labute approximate surface area is 323 Å². The Balaban J connectivity index is 1.93. The Kier molecular flexibility index (Phi) is 19.1. The van der Waals surface area contributed by atoms with E-state index in [9.17, 15) is 66.2 Å². The summed E-state index contributed by atoms with van der Waals surface area (Å²) in [6, 6.07) is -1.47. The van der Waals surface area contributed by atoms with Gasteiger partial charge in [-0.25, -0.2) is 8.37 Å². The first-order chi connectivity index (χ1) is 26.2. The summed E-state index contributed by atoms with van der Waals surface area (Å²) in [7, 11) is -9.29. The molecule has 3 fully saturated rings. The van der Waals surface area contributed by atoms with E-state index < -0.39 is 132 Å². The summed E-state index contributed by atoms with van der Waals surface area (Å²) >= 11 is 0. The van der Waals surface area contributed by atoms with Crippen molar-refractivity contribution in [1.29, 1.82) is 0 Å². The van der Waals surface area contributed by atoms with Gasteiger partial charge in [0.15, 0.2) is 18.9 Å². The molecule has 0 aromatic carbocycles. The van der Waals surface area contributed by atoms with Crippen molar-refractivity contribution in [1.82, 2.24) is 5.32 Å². The van der Waals surface area contributed by atoms with Crippen molar-refractivity contribution >= 4 is 32.7 Å². The molecule has 0 aliphatic carbocycles. The van der Waals surface area contributed by atoms with E-state index in [0.717, 1.165) is 26.2 Å². The zero-order valence-electron chi connectivity index (χ0n) is 30.7. The molecule has 0 unspecified atom stereocenters. The molecule has 0 bridgehead atoms. The maximum atomic E-state index is 12.6. The number of hydrogen-bond donors (Lipinski definition) is 9. The summed E-state index contributed by atoms with van der Waals surface area (Å²) in [4.78, 5) is 23.9. The second-order valence-electron chi connectivity index (χ2n) is 13.3. The van der Waals surface area contributed by atoms with Gasteiger partial charge >= 0.3 is 26.8 Å². The third kappa shape index (κ3) is 14.2. The average Bonchev–Trinajstić information content (AvgIpc) is 3.11. The number of ether oxygens (including phenoxy) is 7. The van der Waals surface area contributed by atoms with Crippen LogP contribution in [0.1, 0.15) is 58.8 Å². The van der Waals surface area contributed by atoms with E-state index in [-0.39, 0.29) is 12.6 Å². The first-order valence-corrected chi connectivity index (χ1v) is 20.4. The number of carbonyl (C=O) groups is 2. The third-order valence-corrected chi connectivity index (χ3v) is 10.1. The van der Waals surface area contributed by atoms with Gasteiger partial charge in [0.2, 0.25) is 5.91 Å². The number of rotatable bonds is 21. The lowest BCUT2D eigenvalue weighted by molar-refractivity contribution is -0.371. The first-order valence-electron chi connectivity index (χ1n) is 17.7. The normalized spacial score (nSPS) is 36.9. The van der Waals surface area contributed by atoms with Crippen molar-refractivity contribution in [3.63, 3.8) is 0 Å². The summed E-state index contributed by atoms with van der Waals surface area (Å²) in [5, 5.41) is 66.0. The molecule has 3 saturated heterocycles. The van der Waals surface area contributed by atoms with Crippen LogP contribution in [0.4, 0.5) is 0 Å². The van der Waals surface area contributed by atoms with Crippen LogP contribution in [-0.4, -0.2) is 187 Å². The molecule has 0 saturated carbocycles. The van der Waals surface area contributed by atoms with Crippen LogP contribution in [0.3, 0.4) is 0 Å². The number of carbonyl (C=O) groups excluding carboxylic acids is 2. The molecule has 24 nitrogen and oxygen atoms in total. The molecule has 3 aliphatic rings. The Hall–Kier alpha value is -1.80. The summed E-state index contributed by atoms with van der Waals surface area (Å²) < 4.78 is 113. The predicted molar refractivity (Wildman–Crippen MR) is 180 cm³/mol.